The summed E-state index contributed by atoms with van der Waals surface area (Å²) in [6.07, 6.45) is 1.77. The van der Waals surface area contributed by atoms with Gasteiger partial charge in [0.2, 0.25) is 0 Å². The smallest absolute Gasteiger partial charge is 0.172 e. The zero-order valence-electron chi connectivity index (χ0n) is 12.9. The number of hydrogen-bond acceptors (Lipinski definition) is 2. The molecule has 0 radical (unpaired) electrons. The van der Waals surface area contributed by atoms with Crippen molar-refractivity contribution in [2.45, 2.75) is 33.7 Å². The van der Waals surface area contributed by atoms with Crippen LogP contribution in [0.4, 0.5) is 5.82 Å². The van der Waals surface area contributed by atoms with Gasteiger partial charge in [0.05, 0.1) is 6.04 Å². The number of thiocarbonyl (C=S) groups is 1. The molecule has 3 nitrogen and oxygen atoms in total. The van der Waals surface area contributed by atoms with Crippen molar-refractivity contribution < 1.29 is 0 Å². The molecule has 0 saturated carbocycles. The minimum absolute atomic E-state index is 0.149. The van der Waals surface area contributed by atoms with Crippen LogP contribution < -0.4 is 10.6 Å². The molecule has 21 heavy (non-hydrogen) atoms. The first-order valence-corrected chi connectivity index (χ1v) is 7.44. The highest BCUT2D eigenvalue weighted by Crippen LogP contribution is 2.18. The molecule has 0 aliphatic carbocycles. The Kier molecular flexibility index (Phi) is 4.91. The molecule has 2 aromatic rings. The van der Waals surface area contributed by atoms with E-state index in [0.717, 1.165) is 11.4 Å². The van der Waals surface area contributed by atoms with Gasteiger partial charge in [-0.05, 0) is 68.7 Å². The van der Waals surface area contributed by atoms with Gasteiger partial charge in [0.1, 0.15) is 5.82 Å². The fourth-order valence-electron chi connectivity index (χ4n) is 2.34. The lowest BCUT2D eigenvalue weighted by atomic mass is 10.0. The zero-order valence-corrected chi connectivity index (χ0v) is 13.7. The molecule has 0 bridgehead atoms. The van der Waals surface area contributed by atoms with E-state index in [9.17, 15) is 0 Å². The highest BCUT2D eigenvalue weighted by Gasteiger charge is 2.10. The molecule has 0 unspecified atom stereocenters. The first kappa shape index (κ1) is 15.4. The monoisotopic (exact) mass is 299 g/mol. The Hall–Kier alpha value is -1.94. The van der Waals surface area contributed by atoms with Crippen molar-refractivity contribution in [1.82, 2.24) is 10.3 Å². The Morgan fingerprint density at radius 3 is 2.48 bits per heavy atom. The van der Waals surface area contributed by atoms with E-state index in [0.29, 0.717) is 5.11 Å². The average molecular weight is 299 g/mol. The van der Waals surface area contributed by atoms with E-state index >= 15 is 0 Å². The first-order chi connectivity index (χ1) is 9.95. The second-order valence-corrected chi connectivity index (χ2v) is 5.81. The third kappa shape index (κ3) is 4.26. The Labute approximate surface area is 131 Å². The van der Waals surface area contributed by atoms with Gasteiger partial charge in [0.25, 0.3) is 0 Å². The predicted octanol–water partition coefficient (Wildman–Crippen LogP) is 4.05. The molecule has 110 valence electrons. The van der Waals surface area contributed by atoms with Crippen LogP contribution in [0.5, 0.6) is 0 Å². The molecule has 2 rings (SSSR count). The maximum atomic E-state index is 5.36. The minimum Gasteiger partial charge on any atom is -0.356 e. The van der Waals surface area contributed by atoms with Crippen LogP contribution in [0, 0.1) is 20.8 Å². The van der Waals surface area contributed by atoms with Crippen LogP contribution in [0.1, 0.15) is 35.2 Å². The lowest BCUT2D eigenvalue weighted by molar-refractivity contribution is 0.716. The number of anilines is 1. The number of nitrogens with one attached hydrogen (secondary N) is 2. The van der Waals surface area contributed by atoms with Gasteiger partial charge < -0.3 is 10.6 Å². The van der Waals surface area contributed by atoms with Gasteiger partial charge in [0.15, 0.2) is 5.11 Å². The first-order valence-electron chi connectivity index (χ1n) is 7.03. The number of pyridine rings is 1. The second kappa shape index (κ2) is 6.68. The number of hydrogen-bond donors (Lipinski definition) is 2. The molecule has 2 N–H and O–H groups in total. The standard InChI is InChI=1S/C17H21N3S/c1-11-5-6-15(13(3)9-11)14(4)19-17(21)20-16-10-12(2)7-8-18-16/h5-10,14H,1-4H3,(H2,18,19,20,21)/t14-/m1/s1. The molecule has 1 atom stereocenters. The zero-order chi connectivity index (χ0) is 15.4. The molecule has 0 spiro atoms. The number of aryl methyl sites for hydroxylation is 3. The minimum atomic E-state index is 0.149. The van der Waals surface area contributed by atoms with Gasteiger partial charge in [-0.15, -0.1) is 0 Å². The molecule has 0 aliphatic heterocycles. The summed E-state index contributed by atoms with van der Waals surface area (Å²) in [5.41, 5.74) is 4.94. The highest BCUT2D eigenvalue weighted by molar-refractivity contribution is 7.80. The van der Waals surface area contributed by atoms with Crippen molar-refractivity contribution in [1.29, 1.82) is 0 Å². The normalized spacial score (nSPS) is 11.8. The van der Waals surface area contributed by atoms with Crippen molar-refractivity contribution >= 4 is 23.1 Å². The molecule has 4 heteroatoms. The van der Waals surface area contributed by atoms with Crippen LogP contribution in [0.25, 0.3) is 0 Å². The Morgan fingerprint density at radius 2 is 1.81 bits per heavy atom. The van der Waals surface area contributed by atoms with E-state index in [1.165, 1.54) is 16.7 Å². The molecule has 1 aromatic heterocycles. The van der Waals surface area contributed by atoms with E-state index in [-0.39, 0.29) is 6.04 Å². The number of benzene rings is 1. The third-order valence-corrected chi connectivity index (χ3v) is 3.62. The van der Waals surface area contributed by atoms with Crippen molar-refractivity contribution in [2.75, 3.05) is 5.32 Å². The van der Waals surface area contributed by atoms with Crippen LogP contribution in [0.3, 0.4) is 0 Å². The Bertz CT molecular complexity index is 652. The molecule has 1 aromatic carbocycles. The highest BCUT2D eigenvalue weighted by atomic mass is 32.1. The van der Waals surface area contributed by atoms with Crippen molar-refractivity contribution in [3.63, 3.8) is 0 Å². The van der Waals surface area contributed by atoms with Crippen LogP contribution in [-0.2, 0) is 0 Å². The van der Waals surface area contributed by atoms with Crippen LogP contribution in [-0.4, -0.2) is 10.1 Å². The molecule has 1 heterocycles. The topological polar surface area (TPSA) is 37.0 Å². The summed E-state index contributed by atoms with van der Waals surface area (Å²) < 4.78 is 0. The van der Waals surface area contributed by atoms with Crippen LogP contribution in [0.2, 0.25) is 0 Å². The van der Waals surface area contributed by atoms with Gasteiger partial charge in [-0.3, -0.25) is 0 Å². The van der Waals surface area contributed by atoms with Gasteiger partial charge in [-0.1, -0.05) is 23.8 Å². The number of nitrogens with zero attached hydrogens (tertiary/aromatic N) is 1. The van der Waals surface area contributed by atoms with Gasteiger partial charge in [0, 0.05) is 6.20 Å². The van der Waals surface area contributed by atoms with Crippen molar-refractivity contribution in [3.05, 3.63) is 58.8 Å². The van der Waals surface area contributed by atoms with Crippen molar-refractivity contribution in [3.8, 4) is 0 Å². The summed E-state index contributed by atoms with van der Waals surface area (Å²) >= 11 is 5.36. The average Bonchev–Trinajstić information content (AvgIpc) is 2.38. The van der Waals surface area contributed by atoms with E-state index in [2.05, 4.69) is 54.6 Å². The van der Waals surface area contributed by atoms with Crippen LogP contribution >= 0.6 is 12.2 Å². The predicted molar refractivity (Wildman–Crippen MR) is 92.7 cm³/mol. The van der Waals surface area contributed by atoms with Gasteiger partial charge in [-0.2, -0.15) is 0 Å². The van der Waals surface area contributed by atoms with Crippen molar-refractivity contribution in [2.24, 2.45) is 0 Å². The van der Waals surface area contributed by atoms with E-state index in [4.69, 9.17) is 12.2 Å². The summed E-state index contributed by atoms with van der Waals surface area (Å²) in [6, 6.07) is 10.5. The van der Waals surface area contributed by atoms with E-state index in [1.54, 1.807) is 6.20 Å². The number of aromatic nitrogens is 1. The maximum absolute atomic E-state index is 5.36. The number of rotatable bonds is 3. The SMILES string of the molecule is Cc1ccnc(NC(=S)N[C@H](C)c2ccc(C)cc2C)c1. The summed E-state index contributed by atoms with van der Waals surface area (Å²) in [6.45, 7) is 8.36. The Balaban J connectivity index is 2.02. The van der Waals surface area contributed by atoms with Crippen LogP contribution in [0.15, 0.2) is 36.5 Å². The molecule has 0 aliphatic rings. The molecule has 0 saturated heterocycles. The third-order valence-electron chi connectivity index (χ3n) is 3.40. The maximum Gasteiger partial charge on any atom is 0.172 e. The fraction of sp³-hybridized carbons (Fsp3) is 0.294. The molecular formula is C17H21N3S. The van der Waals surface area contributed by atoms with Gasteiger partial charge in [-0.25, -0.2) is 4.98 Å². The molecule has 0 amide bonds. The Morgan fingerprint density at radius 1 is 1.10 bits per heavy atom. The summed E-state index contributed by atoms with van der Waals surface area (Å²) in [5, 5.41) is 7.01. The second-order valence-electron chi connectivity index (χ2n) is 5.40. The van der Waals surface area contributed by atoms with Gasteiger partial charge >= 0.3 is 0 Å². The largest absolute Gasteiger partial charge is 0.356 e. The summed E-state index contributed by atoms with van der Waals surface area (Å²) in [5.74, 6) is 0.764. The lowest BCUT2D eigenvalue weighted by Crippen LogP contribution is -2.31. The quantitative estimate of drug-likeness (QED) is 0.838. The van der Waals surface area contributed by atoms with E-state index < -0.39 is 0 Å². The molecule has 0 fully saturated rings. The lowest BCUT2D eigenvalue weighted by Gasteiger charge is -2.19. The summed E-state index contributed by atoms with van der Waals surface area (Å²) in [4.78, 5) is 4.25. The fourth-order valence-corrected chi connectivity index (χ4v) is 2.62. The van der Waals surface area contributed by atoms with E-state index in [1.807, 2.05) is 19.1 Å². The molecular weight excluding hydrogens is 278 g/mol. The summed E-state index contributed by atoms with van der Waals surface area (Å²) in [7, 11) is 0.